The molecular formula is C15H23O2P. The Morgan fingerprint density at radius 1 is 1.22 bits per heavy atom. The fraction of sp³-hybridized carbons (Fsp3) is 0.600. The van der Waals surface area contributed by atoms with Crippen molar-refractivity contribution < 1.29 is 9.46 Å². The highest BCUT2D eigenvalue weighted by molar-refractivity contribution is 7.58. The van der Waals surface area contributed by atoms with Gasteiger partial charge >= 0.3 is 0 Å². The molecule has 0 spiro atoms. The summed E-state index contributed by atoms with van der Waals surface area (Å²) in [6.45, 7) is 2.06. The Balaban J connectivity index is 2.01. The molecule has 3 heteroatoms. The van der Waals surface area contributed by atoms with Crippen molar-refractivity contribution >= 4 is 7.37 Å². The third-order valence-electron chi connectivity index (χ3n) is 4.05. The molecule has 2 rings (SSSR count). The predicted molar refractivity (Wildman–Crippen MR) is 76.4 cm³/mol. The Kier molecular flexibility index (Phi) is 4.64. The SMILES string of the molecule is CC(CP(=O)(O)C1CCCCC1)c1ccccc1. The van der Waals surface area contributed by atoms with Crippen molar-refractivity contribution in [2.45, 2.75) is 50.6 Å². The Bertz CT molecular complexity index is 410. The van der Waals surface area contributed by atoms with Gasteiger partial charge in [-0.1, -0.05) is 56.5 Å². The van der Waals surface area contributed by atoms with Gasteiger partial charge in [-0.25, -0.2) is 0 Å². The molecular weight excluding hydrogens is 243 g/mol. The van der Waals surface area contributed by atoms with Crippen LogP contribution in [0.25, 0.3) is 0 Å². The molecule has 1 aliphatic rings. The van der Waals surface area contributed by atoms with Gasteiger partial charge in [0, 0.05) is 11.8 Å². The van der Waals surface area contributed by atoms with E-state index in [0.717, 1.165) is 25.7 Å². The molecule has 0 saturated heterocycles. The van der Waals surface area contributed by atoms with Crippen LogP contribution in [0.2, 0.25) is 0 Å². The van der Waals surface area contributed by atoms with Crippen LogP contribution in [0.15, 0.2) is 30.3 Å². The van der Waals surface area contributed by atoms with Gasteiger partial charge in [0.2, 0.25) is 7.37 Å². The predicted octanol–water partition coefficient (Wildman–Crippen LogP) is 4.39. The summed E-state index contributed by atoms with van der Waals surface area (Å²) in [5.74, 6) is 0.170. The summed E-state index contributed by atoms with van der Waals surface area (Å²) in [6.07, 6.45) is 5.78. The minimum Gasteiger partial charge on any atom is -0.344 e. The molecule has 1 aromatic rings. The zero-order chi connectivity index (χ0) is 13.0. The summed E-state index contributed by atoms with van der Waals surface area (Å²) in [5, 5.41) is 0. The van der Waals surface area contributed by atoms with Crippen LogP contribution in [0.5, 0.6) is 0 Å². The molecule has 1 N–H and O–H groups in total. The second-order valence-electron chi connectivity index (χ2n) is 5.54. The van der Waals surface area contributed by atoms with Gasteiger partial charge in [-0.2, -0.15) is 0 Å². The van der Waals surface area contributed by atoms with Crippen LogP contribution in [-0.2, 0) is 4.57 Å². The van der Waals surface area contributed by atoms with Gasteiger partial charge in [-0.15, -0.1) is 0 Å². The first-order valence-electron chi connectivity index (χ1n) is 6.96. The number of hydrogen-bond acceptors (Lipinski definition) is 1. The van der Waals surface area contributed by atoms with Crippen molar-refractivity contribution in [3.05, 3.63) is 35.9 Å². The fourth-order valence-electron chi connectivity index (χ4n) is 2.91. The van der Waals surface area contributed by atoms with Crippen molar-refractivity contribution in [3.63, 3.8) is 0 Å². The first-order chi connectivity index (χ1) is 8.59. The second-order valence-corrected chi connectivity index (χ2v) is 8.15. The van der Waals surface area contributed by atoms with Crippen molar-refractivity contribution in [2.75, 3.05) is 6.16 Å². The maximum atomic E-state index is 12.5. The summed E-state index contributed by atoms with van der Waals surface area (Å²) in [4.78, 5) is 10.3. The highest BCUT2D eigenvalue weighted by atomic mass is 31.2. The van der Waals surface area contributed by atoms with Gasteiger partial charge in [-0.05, 0) is 24.3 Å². The fourth-order valence-corrected chi connectivity index (χ4v) is 5.38. The molecule has 0 aromatic heterocycles. The number of hydrogen-bond donors (Lipinski definition) is 1. The van der Waals surface area contributed by atoms with E-state index >= 15 is 0 Å². The van der Waals surface area contributed by atoms with Gasteiger partial charge in [0.1, 0.15) is 0 Å². The number of benzene rings is 1. The molecule has 0 aliphatic heterocycles. The lowest BCUT2D eigenvalue weighted by molar-refractivity contribution is 0.418. The van der Waals surface area contributed by atoms with Crippen LogP contribution in [0.4, 0.5) is 0 Å². The largest absolute Gasteiger partial charge is 0.344 e. The van der Waals surface area contributed by atoms with Gasteiger partial charge in [0.15, 0.2) is 0 Å². The lowest BCUT2D eigenvalue weighted by Crippen LogP contribution is -2.16. The average molecular weight is 266 g/mol. The maximum Gasteiger partial charge on any atom is 0.204 e. The Morgan fingerprint density at radius 3 is 2.44 bits per heavy atom. The topological polar surface area (TPSA) is 37.3 Å². The van der Waals surface area contributed by atoms with Gasteiger partial charge in [-0.3, -0.25) is 4.57 Å². The van der Waals surface area contributed by atoms with Crippen molar-refractivity contribution in [3.8, 4) is 0 Å². The highest BCUT2D eigenvalue weighted by Crippen LogP contribution is 2.54. The van der Waals surface area contributed by atoms with Crippen LogP contribution in [0, 0.1) is 0 Å². The lowest BCUT2D eigenvalue weighted by Gasteiger charge is -2.28. The molecule has 1 aromatic carbocycles. The monoisotopic (exact) mass is 266 g/mol. The van der Waals surface area contributed by atoms with E-state index in [0.29, 0.717) is 6.16 Å². The second kappa shape index (κ2) is 6.04. The van der Waals surface area contributed by atoms with Gasteiger partial charge in [0.05, 0.1) is 0 Å². The molecule has 18 heavy (non-hydrogen) atoms. The minimum absolute atomic E-state index is 0.0532. The van der Waals surface area contributed by atoms with Crippen LogP contribution >= 0.6 is 7.37 Å². The molecule has 1 fully saturated rings. The van der Waals surface area contributed by atoms with E-state index < -0.39 is 7.37 Å². The normalized spacial score (nSPS) is 22.3. The van der Waals surface area contributed by atoms with E-state index in [-0.39, 0.29) is 11.6 Å². The molecule has 0 heterocycles. The zero-order valence-corrected chi connectivity index (χ0v) is 12.0. The Labute approximate surface area is 110 Å². The summed E-state index contributed by atoms with van der Waals surface area (Å²) in [6, 6.07) is 10.1. The molecule has 0 radical (unpaired) electrons. The molecule has 100 valence electrons. The van der Waals surface area contributed by atoms with E-state index in [1.165, 1.54) is 12.0 Å². The minimum atomic E-state index is -2.99. The summed E-state index contributed by atoms with van der Waals surface area (Å²) in [7, 11) is -2.99. The standard InChI is InChI=1S/C15H23O2P/c1-13(14-8-4-2-5-9-14)12-18(16,17)15-10-6-3-7-11-15/h2,4-5,8-9,13,15H,3,6-7,10-12H2,1H3,(H,16,17). The molecule has 1 saturated carbocycles. The third-order valence-corrected chi connectivity index (χ3v) is 6.78. The Morgan fingerprint density at radius 2 is 1.83 bits per heavy atom. The van der Waals surface area contributed by atoms with Crippen LogP contribution in [-0.4, -0.2) is 16.7 Å². The molecule has 2 nitrogen and oxygen atoms in total. The van der Waals surface area contributed by atoms with Crippen molar-refractivity contribution in [2.24, 2.45) is 0 Å². The highest BCUT2D eigenvalue weighted by Gasteiger charge is 2.33. The van der Waals surface area contributed by atoms with E-state index in [1.54, 1.807) is 0 Å². The van der Waals surface area contributed by atoms with Crippen molar-refractivity contribution in [1.29, 1.82) is 0 Å². The van der Waals surface area contributed by atoms with Crippen molar-refractivity contribution in [1.82, 2.24) is 0 Å². The van der Waals surface area contributed by atoms with E-state index in [1.807, 2.05) is 30.3 Å². The van der Waals surface area contributed by atoms with E-state index in [4.69, 9.17) is 0 Å². The summed E-state index contributed by atoms with van der Waals surface area (Å²) < 4.78 is 12.5. The summed E-state index contributed by atoms with van der Waals surface area (Å²) in [5.41, 5.74) is 1.22. The van der Waals surface area contributed by atoms with Crippen LogP contribution in [0.3, 0.4) is 0 Å². The zero-order valence-electron chi connectivity index (χ0n) is 11.1. The van der Waals surface area contributed by atoms with E-state index in [2.05, 4.69) is 6.92 Å². The molecule has 2 unspecified atom stereocenters. The first-order valence-corrected chi connectivity index (χ1v) is 8.87. The van der Waals surface area contributed by atoms with E-state index in [9.17, 15) is 9.46 Å². The molecule has 0 bridgehead atoms. The maximum absolute atomic E-state index is 12.5. The average Bonchev–Trinajstić information content (AvgIpc) is 2.40. The van der Waals surface area contributed by atoms with Gasteiger partial charge in [0.25, 0.3) is 0 Å². The first kappa shape index (κ1) is 13.8. The molecule has 0 amide bonds. The third kappa shape index (κ3) is 3.46. The number of rotatable bonds is 4. The molecule has 2 atom stereocenters. The Hall–Kier alpha value is -0.590. The quantitative estimate of drug-likeness (QED) is 0.820. The van der Waals surface area contributed by atoms with Crippen LogP contribution in [0.1, 0.15) is 50.5 Å². The lowest BCUT2D eigenvalue weighted by atomic mass is 10.0. The van der Waals surface area contributed by atoms with Crippen LogP contribution < -0.4 is 0 Å². The van der Waals surface area contributed by atoms with Gasteiger partial charge < -0.3 is 4.89 Å². The summed E-state index contributed by atoms with van der Waals surface area (Å²) >= 11 is 0. The molecule has 1 aliphatic carbocycles. The smallest absolute Gasteiger partial charge is 0.204 e.